The Morgan fingerprint density at radius 3 is 1.18 bits per heavy atom. The van der Waals surface area contributed by atoms with Crippen LogP contribution in [0.5, 0.6) is 0 Å². The van der Waals surface area contributed by atoms with Crippen LogP contribution in [0.3, 0.4) is 0 Å². The number of likely N-dealkylation sites (N-methyl/N-ethyl adjacent to an activating group) is 1. The van der Waals surface area contributed by atoms with Crippen molar-refractivity contribution in [2.45, 2.75) is 309 Å². The van der Waals surface area contributed by atoms with E-state index < -0.39 is 20.0 Å². The Morgan fingerprint density at radius 2 is 0.780 bits per heavy atom. The predicted octanol–water partition coefficient (Wildman–Crippen LogP) is 21.5. The van der Waals surface area contributed by atoms with Gasteiger partial charge in [0.2, 0.25) is 5.91 Å². The molecule has 82 heavy (non-hydrogen) atoms. The molecule has 10 heteroatoms. The first-order valence-electron chi connectivity index (χ1n) is 34.1. The van der Waals surface area contributed by atoms with E-state index in [2.05, 4.69) is 111 Å². The molecule has 3 unspecified atom stereocenters. The number of hydrogen-bond acceptors (Lipinski definition) is 6. The van der Waals surface area contributed by atoms with Gasteiger partial charge in [-0.15, -0.1) is 0 Å². The summed E-state index contributed by atoms with van der Waals surface area (Å²) in [7, 11) is 1.47. The van der Waals surface area contributed by atoms with Crippen LogP contribution in [-0.4, -0.2) is 74.3 Å². The van der Waals surface area contributed by atoms with Crippen LogP contribution in [0.25, 0.3) is 0 Å². The van der Waals surface area contributed by atoms with Gasteiger partial charge in [0.05, 0.1) is 33.8 Å². The molecule has 0 spiro atoms. The van der Waals surface area contributed by atoms with E-state index >= 15 is 0 Å². The monoisotopic (exact) mass is 1170 g/mol. The van der Waals surface area contributed by atoms with E-state index in [-0.39, 0.29) is 31.5 Å². The minimum Gasteiger partial charge on any atom is -0.456 e. The lowest BCUT2D eigenvalue weighted by molar-refractivity contribution is -0.870. The molecule has 0 aromatic rings. The van der Waals surface area contributed by atoms with E-state index in [9.17, 15) is 19.0 Å². The highest BCUT2D eigenvalue weighted by molar-refractivity contribution is 7.47. The van der Waals surface area contributed by atoms with Gasteiger partial charge in [0, 0.05) is 12.8 Å². The van der Waals surface area contributed by atoms with Gasteiger partial charge in [0.25, 0.3) is 0 Å². The molecule has 3 atom stereocenters. The smallest absolute Gasteiger partial charge is 0.456 e. The molecule has 0 bridgehead atoms. The van der Waals surface area contributed by atoms with E-state index in [0.29, 0.717) is 23.9 Å². The number of phosphoric acid groups is 1. The summed E-state index contributed by atoms with van der Waals surface area (Å²) in [5.74, 6) is -0.533. The Balaban J connectivity index is 5.20. The topological polar surface area (TPSA) is 111 Å². The van der Waals surface area contributed by atoms with Crippen molar-refractivity contribution in [2.24, 2.45) is 0 Å². The van der Waals surface area contributed by atoms with Gasteiger partial charge in [-0.25, -0.2) is 4.57 Å². The number of hydrogen-bond donors (Lipinski definition) is 2. The van der Waals surface area contributed by atoms with Crippen molar-refractivity contribution in [1.29, 1.82) is 0 Å². The molecule has 0 heterocycles. The molecule has 0 aliphatic rings. The first-order chi connectivity index (χ1) is 39.9. The van der Waals surface area contributed by atoms with Crippen LogP contribution in [0, 0.1) is 0 Å². The number of carbonyl (C=O) groups is 2. The van der Waals surface area contributed by atoms with Crippen molar-refractivity contribution in [3.05, 3.63) is 97.2 Å². The SMILES string of the molecule is CC/C=C\C/C=C\C/C=C\C/C=C\C/C=C\C/C=C\CCCCCCC(=O)OC(/C=C/CCCCCCCCCCCC)C(COP(=O)(O)OCC[N+](C)(C)C)NC(=O)CCCCCCCCCCCCC/C=C/CCCCCCCC. The molecule has 474 valence electrons. The molecule has 0 aliphatic heterocycles. The zero-order valence-electron chi connectivity index (χ0n) is 54.2. The fourth-order valence-corrected chi connectivity index (χ4v) is 10.3. The number of carbonyl (C=O) groups excluding carboxylic acids is 2. The van der Waals surface area contributed by atoms with Gasteiger partial charge >= 0.3 is 13.8 Å². The number of unbranched alkanes of at least 4 members (excludes halogenated alkanes) is 31. The zero-order chi connectivity index (χ0) is 60.0. The van der Waals surface area contributed by atoms with E-state index in [1.54, 1.807) is 0 Å². The highest BCUT2D eigenvalue weighted by Crippen LogP contribution is 2.43. The van der Waals surface area contributed by atoms with Crippen LogP contribution in [0.4, 0.5) is 0 Å². The van der Waals surface area contributed by atoms with E-state index in [4.69, 9.17) is 13.8 Å². The van der Waals surface area contributed by atoms with E-state index in [1.165, 1.54) is 154 Å². The van der Waals surface area contributed by atoms with Gasteiger partial charge in [-0.1, -0.05) is 272 Å². The standard InChI is InChI=1S/C72H129N2O7P/c1-7-10-13-16-19-22-25-28-30-32-34-36-37-39-41-43-45-47-50-53-56-59-62-65-72(76)81-70(63-60-57-54-51-48-27-24-21-18-15-12-9-3)69(68-80-82(77,78)79-67-66-74(4,5)6)73-71(75)64-61-58-55-52-49-46-44-42-40-38-35-33-31-29-26-23-20-17-14-11-8-2/h10,13,19,22,28-31,34,36,39,41,45,47,60,63,69-70H,7-9,11-12,14-18,20-21,23-27,32-33,35,37-38,40,42-44,46,48-59,61-62,64-68H2,1-6H3,(H-,73,75,77,78)/p+1/b13-10-,22-19-,30-28-,31-29+,36-34-,41-39-,47-45-,63-60+. The quantitative estimate of drug-likeness (QED) is 0.0205. The second-order valence-corrected chi connectivity index (χ2v) is 25.4. The highest BCUT2D eigenvalue weighted by atomic mass is 31.2. The Kier molecular flexibility index (Phi) is 58.7. The van der Waals surface area contributed by atoms with Crippen molar-refractivity contribution in [3.8, 4) is 0 Å². The number of quaternary nitrogens is 1. The van der Waals surface area contributed by atoms with Crippen LogP contribution in [0.1, 0.15) is 297 Å². The average Bonchev–Trinajstić information content (AvgIpc) is 3.44. The molecule has 0 radical (unpaired) electrons. The number of esters is 1. The van der Waals surface area contributed by atoms with Gasteiger partial charge in [-0.3, -0.25) is 18.6 Å². The number of nitrogens with zero attached hydrogens (tertiary/aromatic N) is 1. The minimum atomic E-state index is -4.46. The summed E-state index contributed by atoms with van der Waals surface area (Å²) in [5, 5.41) is 3.06. The third kappa shape index (κ3) is 61.5. The summed E-state index contributed by atoms with van der Waals surface area (Å²) in [6.45, 7) is 6.89. The second-order valence-electron chi connectivity index (χ2n) is 24.0. The number of ether oxygens (including phenoxy) is 1. The second kappa shape index (κ2) is 61.0. The van der Waals surface area contributed by atoms with Crippen molar-refractivity contribution in [3.63, 3.8) is 0 Å². The van der Waals surface area contributed by atoms with Crippen molar-refractivity contribution in [2.75, 3.05) is 40.9 Å². The van der Waals surface area contributed by atoms with Crippen LogP contribution < -0.4 is 5.32 Å². The molecular formula is C72H130N2O7P+. The number of phosphoric ester groups is 1. The van der Waals surface area contributed by atoms with Crippen LogP contribution in [-0.2, 0) is 27.9 Å². The summed E-state index contributed by atoms with van der Waals surface area (Å²) in [6, 6.07) is -0.865. The lowest BCUT2D eigenvalue weighted by atomic mass is 10.0. The maximum Gasteiger partial charge on any atom is 0.472 e. The Bertz CT molecular complexity index is 1720. The number of amides is 1. The third-order valence-corrected chi connectivity index (χ3v) is 15.7. The molecular weight excluding hydrogens is 1040 g/mol. The molecule has 0 saturated heterocycles. The molecule has 0 fully saturated rings. The Hall–Kier alpha value is -3.07. The van der Waals surface area contributed by atoms with E-state index in [0.717, 1.165) is 103 Å². The molecule has 1 amide bonds. The van der Waals surface area contributed by atoms with Crippen LogP contribution >= 0.6 is 7.82 Å². The minimum absolute atomic E-state index is 0.0321. The molecule has 0 aliphatic carbocycles. The Morgan fingerprint density at radius 1 is 0.439 bits per heavy atom. The van der Waals surface area contributed by atoms with Crippen LogP contribution in [0.2, 0.25) is 0 Å². The molecule has 0 rings (SSSR count). The lowest BCUT2D eigenvalue weighted by Crippen LogP contribution is -2.47. The largest absolute Gasteiger partial charge is 0.472 e. The number of nitrogens with one attached hydrogen (secondary N) is 1. The summed E-state index contributed by atoms with van der Waals surface area (Å²) < 4.78 is 30.8. The van der Waals surface area contributed by atoms with Gasteiger partial charge in [-0.2, -0.15) is 0 Å². The van der Waals surface area contributed by atoms with Crippen LogP contribution in [0.15, 0.2) is 97.2 Å². The van der Waals surface area contributed by atoms with E-state index in [1.807, 2.05) is 33.3 Å². The molecule has 2 N–H and O–H groups in total. The van der Waals surface area contributed by atoms with Crippen molar-refractivity contribution in [1.82, 2.24) is 5.32 Å². The van der Waals surface area contributed by atoms with Gasteiger partial charge in [0.1, 0.15) is 19.3 Å². The highest BCUT2D eigenvalue weighted by Gasteiger charge is 2.30. The summed E-state index contributed by atoms with van der Waals surface area (Å²) in [6.07, 6.45) is 82.7. The lowest BCUT2D eigenvalue weighted by Gasteiger charge is -2.27. The molecule has 0 aromatic carbocycles. The zero-order valence-corrected chi connectivity index (χ0v) is 55.1. The normalized spacial score (nSPS) is 14.2. The van der Waals surface area contributed by atoms with Gasteiger partial charge in [0.15, 0.2) is 0 Å². The molecule has 0 saturated carbocycles. The summed E-state index contributed by atoms with van der Waals surface area (Å²) in [4.78, 5) is 37.8. The number of allylic oxidation sites excluding steroid dienone is 15. The fourth-order valence-electron chi connectivity index (χ4n) is 9.53. The Labute approximate surface area is 507 Å². The van der Waals surface area contributed by atoms with Gasteiger partial charge < -0.3 is 19.4 Å². The summed E-state index contributed by atoms with van der Waals surface area (Å²) >= 11 is 0. The maximum atomic E-state index is 13.6. The van der Waals surface area contributed by atoms with Crippen molar-refractivity contribution >= 4 is 19.7 Å². The predicted molar refractivity (Wildman–Crippen MR) is 355 cm³/mol. The van der Waals surface area contributed by atoms with Crippen molar-refractivity contribution < 1.29 is 37.3 Å². The first kappa shape index (κ1) is 78.9. The summed E-state index contributed by atoms with van der Waals surface area (Å²) in [5.41, 5.74) is 0. The average molecular weight is 1170 g/mol. The third-order valence-electron chi connectivity index (χ3n) is 14.8. The number of rotatable bonds is 61. The first-order valence-corrected chi connectivity index (χ1v) is 35.6. The fraction of sp³-hybridized carbons (Fsp3) is 0.750. The molecule has 0 aromatic heterocycles. The van der Waals surface area contributed by atoms with Gasteiger partial charge in [-0.05, 0) is 109 Å². The maximum absolute atomic E-state index is 13.6. The molecule has 9 nitrogen and oxygen atoms in total.